The monoisotopic (exact) mass is 277 g/mol. The van der Waals surface area contributed by atoms with Gasteiger partial charge in [-0.1, -0.05) is 30.3 Å². The van der Waals surface area contributed by atoms with E-state index in [2.05, 4.69) is 5.32 Å². The Morgan fingerprint density at radius 2 is 2.00 bits per heavy atom. The molecule has 4 heteroatoms. The minimum absolute atomic E-state index is 0.114. The van der Waals surface area contributed by atoms with Gasteiger partial charge in [0.05, 0.1) is 5.41 Å². The van der Waals surface area contributed by atoms with Gasteiger partial charge in [0.15, 0.2) is 0 Å². The molecule has 1 fully saturated rings. The van der Waals surface area contributed by atoms with Gasteiger partial charge in [-0.15, -0.1) is 0 Å². The maximum atomic E-state index is 12.7. The fraction of sp³-hybridized carbons (Fsp3) is 0.562. The molecule has 1 amide bonds. The van der Waals surface area contributed by atoms with E-state index in [-0.39, 0.29) is 5.91 Å². The molecule has 2 rings (SSSR count). The number of nitrogens with one attached hydrogen (secondary N) is 1. The van der Waals surface area contributed by atoms with Gasteiger partial charge in [-0.2, -0.15) is 0 Å². The normalized spacial score (nSPS) is 17.6. The second-order valence-electron chi connectivity index (χ2n) is 5.16. The number of hydrogen-bond donors (Lipinski definition) is 1. The van der Waals surface area contributed by atoms with Crippen LogP contribution in [0.3, 0.4) is 0 Å². The summed E-state index contributed by atoms with van der Waals surface area (Å²) in [7, 11) is 1.67. The van der Waals surface area contributed by atoms with Crippen molar-refractivity contribution in [3.8, 4) is 0 Å². The third kappa shape index (κ3) is 3.38. The van der Waals surface area contributed by atoms with Crippen LogP contribution in [0, 0.1) is 0 Å². The molecule has 1 N–H and O–H groups in total. The summed E-state index contributed by atoms with van der Waals surface area (Å²) in [6.07, 6.45) is 2.32. The molecule has 0 spiro atoms. The van der Waals surface area contributed by atoms with E-state index in [1.807, 2.05) is 30.3 Å². The van der Waals surface area contributed by atoms with Gasteiger partial charge in [0.25, 0.3) is 0 Å². The summed E-state index contributed by atoms with van der Waals surface area (Å²) in [4.78, 5) is 12.7. The molecule has 4 nitrogen and oxygen atoms in total. The van der Waals surface area contributed by atoms with Crippen LogP contribution in [0.2, 0.25) is 0 Å². The molecule has 1 aromatic rings. The van der Waals surface area contributed by atoms with Crippen molar-refractivity contribution in [2.75, 3.05) is 33.5 Å². The Kier molecular flexibility index (Phi) is 5.56. The second-order valence-corrected chi connectivity index (χ2v) is 5.16. The molecule has 110 valence electrons. The highest BCUT2D eigenvalue weighted by atomic mass is 16.5. The van der Waals surface area contributed by atoms with Crippen LogP contribution in [0.25, 0.3) is 0 Å². The van der Waals surface area contributed by atoms with Crippen LogP contribution in [0.1, 0.15) is 24.8 Å². The van der Waals surface area contributed by atoms with E-state index in [1.165, 1.54) is 0 Å². The molecule has 1 aliphatic rings. The number of amides is 1. The van der Waals surface area contributed by atoms with Crippen molar-refractivity contribution in [1.82, 2.24) is 5.32 Å². The summed E-state index contributed by atoms with van der Waals surface area (Å²) < 4.78 is 10.4. The van der Waals surface area contributed by atoms with Crippen molar-refractivity contribution in [3.05, 3.63) is 35.9 Å². The average Bonchev–Trinajstić information content (AvgIpc) is 2.53. The summed E-state index contributed by atoms with van der Waals surface area (Å²) in [6.45, 7) is 2.60. The van der Waals surface area contributed by atoms with Crippen molar-refractivity contribution in [3.63, 3.8) is 0 Å². The van der Waals surface area contributed by atoms with Crippen molar-refractivity contribution in [2.45, 2.75) is 24.7 Å². The maximum absolute atomic E-state index is 12.7. The van der Waals surface area contributed by atoms with Crippen LogP contribution in [-0.2, 0) is 19.7 Å². The van der Waals surface area contributed by atoms with E-state index in [9.17, 15) is 4.79 Å². The van der Waals surface area contributed by atoms with Gasteiger partial charge < -0.3 is 14.8 Å². The maximum Gasteiger partial charge on any atom is 0.230 e. The molecule has 1 aromatic carbocycles. The van der Waals surface area contributed by atoms with Gasteiger partial charge in [-0.25, -0.2) is 0 Å². The molecular weight excluding hydrogens is 254 g/mol. The lowest BCUT2D eigenvalue weighted by molar-refractivity contribution is -0.130. The lowest BCUT2D eigenvalue weighted by Gasteiger charge is -2.36. The van der Waals surface area contributed by atoms with Crippen molar-refractivity contribution < 1.29 is 14.3 Å². The van der Waals surface area contributed by atoms with Crippen LogP contribution in [0.15, 0.2) is 30.3 Å². The molecule has 0 radical (unpaired) electrons. The first-order valence-corrected chi connectivity index (χ1v) is 7.20. The zero-order valence-corrected chi connectivity index (χ0v) is 12.1. The number of rotatable bonds is 6. The van der Waals surface area contributed by atoms with Crippen molar-refractivity contribution in [1.29, 1.82) is 0 Å². The number of methoxy groups -OCH3 is 1. The Morgan fingerprint density at radius 3 is 2.65 bits per heavy atom. The minimum atomic E-state index is -0.438. The molecule has 0 aromatic heterocycles. The van der Waals surface area contributed by atoms with Crippen molar-refractivity contribution >= 4 is 5.91 Å². The summed E-state index contributed by atoms with van der Waals surface area (Å²) in [6, 6.07) is 10.0. The number of hydrogen-bond acceptors (Lipinski definition) is 3. The zero-order valence-electron chi connectivity index (χ0n) is 12.1. The number of ether oxygens (including phenoxy) is 2. The molecular formula is C16H23NO3. The predicted octanol–water partition coefficient (Wildman–Crippen LogP) is 1.89. The first kappa shape index (κ1) is 15.0. The number of benzene rings is 1. The Hall–Kier alpha value is -1.39. The highest BCUT2D eigenvalue weighted by Crippen LogP contribution is 2.35. The number of carbonyl (C=O) groups excluding carboxylic acids is 1. The van der Waals surface area contributed by atoms with Crippen molar-refractivity contribution in [2.24, 2.45) is 0 Å². The van der Waals surface area contributed by atoms with E-state index >= 15 is 0 Å². The second kappa shape index (κ2) is 7.41. The highest BCUT2D eigenvalue weighted by Gasteiger charge is 2.41. The Balaban J connectivity index is 2.09. The Morgan fingerprint density at radius 1 is 1.30 bits per heavy atom. The molecule has 0 atom stereocenters. The SMILES string of the molecule is COCCCNC(=O)C1(c2ccccc2)CCOCC1. The van der Waals surface area contributed by atoms with E-state index in [4.69, 9.17) is 9.47 Å². The topological polar surface area (TPSA) is 47.6 Å². The van der Waals surface area contributed by atoms with E-state index in [0.29, 0.717) is 26.4 Å². The molecule has 1 aliphatic heterocycles. The van der Waals surface area contributed by atoms with Crippen LogP contribution in [0.5, 0.6) is 0 Å². The lowest BCUT2D eigenvalue weighted by atomic mass is 9.73. The first-order valence-electron chi connectivity index (χ1n) is 7.20. The minimum Gasteiger partial charge on any atom is -0.385 e. The van der Waals surface area contributed by atoms with Gasteiger partial charge in [0, 0.05) is 33.5 Å². The van der Waals surface area contributed by atoms with Gasteiger partial charge in [-0.3, -0.25) is 4.79 Å². The van der Waals surface area contributed by atoms with Gasteiger partial charge >= 0.3 is 0 Å². The summed E-state index contributed by atoms with van der Waals surface area (Å²) >= 11 is 0. The molecule has 0 aliphatic carbocycles. The van der Waals surface area contributed by atoms with Gasteiger partial charge in [0.1, 0.15) is 0 Å². The lowest BCUT2D eigenvalue weighted by Crippen LogP contribution is -2.48. The van der Waals surface area contributed by atoms with Crippen LogP contribution < -0.4 is 5.32 Å². The van der Waals surface area contributed by atoms with Crippen LogP contribution in [-0.4, -0.2) is 39.4 Å². The van der Waals surface area contributed by atoms with E-state index < -0.39 is 5.41 Å². The summed E-state index contributed by atoms with van der Waals surface area (Å²) in [5.41, 5.74) is 0.652. The van der Waals surface area contributed by atoms with Crippen LogP contribution in [0.4, 0.5) is 0 Å². The van der Waals surface area contributed by atoms with Gasteiger partial charge in [0.2, 0.25) is 5.91 Å². The average molecular weight is 277 g/mol. The molecule has 1 heterocycles. The Labute approximate surface area is 120 Å². The standard InChI is InChI=1S/C16H23NO3/c1-19-11-5-10-17-15(18)16(8-12-20-13-9-16)14-6-3-2-4-7-14/h2-4,6-7H,5,8-13H2,1H3,(H,17,18). The molecule has 1 saturated heterocycles. The third-order valence-corrected chi connectivity index (χ3v) is 3.92. The smallest absolute Gasteiger partial charge is 0.230 e. The summed E-state index contributed by atoms with van der Waals surface area (Å²) in [5, 5.41) is 3.05. The largest absolute Gasteiger partial charge is 0.385 e. The fourth-order valence-corrected chi connectivity index (χ4v) is 2.71. The molecule has 20 heavy (non-hydrogen) atoms. The predicted molar refractivity (Wildman–Crippen MR) is 77.7 cm³/mol. The van der Waals surface area contributed by atoms with Gasteiger partial charge in [-0.05, 0) is 24.8 Å². The Bertz CT molecular complexity index is 413. The fourth-order valence-electron chi connectivity index (χ4n) is 2.71. The summed E-state index contributed by atoms with van der Waals surface area (Å²) in [5.74, 6) is 0.114. The molecule has 0 unspecified atom stereocenters. The quantitative estimate of drug-likeness (QED) is 0.808. The molecule has 0 saturated carbocycles. The highest BCUT2D eigenvalue weighted by molar-refractivity contribution is 5.88. The third-order valence-electron chi connectivity index (χ3n) is 3.92. The van der Waals surface area contributed by atoms with Crippen LogP contribution >= 0.6 is 0 Å². The molecule has 0 bridgehead atoms. The number of carbonyl (C=O) groups is 1. The zero-order chi connectivity index (χ0) is 14.3. The first-order chi connectivity index (χ1) is 9.79. The van der Waals surface area contributed by atoms with E-state index in [1.54, 1.807) is 7.11 Å². The van der Waals surface area contributed by atoms with E-state index in [0.717, 1.165) is 24.8 Å².